The fourth-order valence-corrected chi connectivity index (χ4v) is 2.32. The van der Waals surface area contributed by atoms with Gasteiger partial charge in [-0.1, -0.05) is 0 Å². The van der Waals surface area contributed by atoms with Crippen molar-refractivity contribution < 1.29 is 24.4 Å². The molecule has 0 bridgehead atoms. The number of amides is 2. The van der Waals surface area contributed by atoms with Crippen LogP contribution < -0.4 is 10.1 Å². The van der Waals surface area contributed by atoms with Gasteiger partial charge in [-0.15, -0.1) is 0 Å². The average Bonchev–Trinajstić information content (AvgIpc) is 2.69. The van der Waals surface area contributed by atoms with Crippen LogP contribution >= 0.6 is 11.8 Å². The van der Waals surface area contributed by atoms with Crippen LogP contribution in [0, 0.1) is 10.1 Å². The zero-order chi connectivity index (χ0) is 14.9. The molecule has 0 unspecified atom stereocenters. The number of nitrogens with zero attached hydrogens (tertiary/aromatic N) is 1. The van der Waals surface area contributed by atoms with E-state index in [-0.39, 0.29) is 22.0 Å². The molecular formula is C11H8N2O6S. The van der Waals surface area contributed by atoms with Crippen LogP contribution in [0.2, 0.25) is 0 Å². The Morgan fingerprint density at radius 1 is 1.45 bits per heavy atom. The van der Waals surface area contributed by atoms with E-state index < -0.39 is 21.8 Å². The topological polar surface area (TPSA) is 119 Å². The summed E-state index contributed by atoms with van der Waals surface area (Å²) < 4.78 is 4.80. The molecule has 104 valence electrons. The smallest absolute Gasteiger partial charge is 0.322 e. The number of hydrogen-bond donors (Lipinski definition) is 2. The maximum absolute atomic E-state index is 11.4. The summed E-state index contributed by atoms with van der Waals surface area (Å²) in [5.41, 5.74) is -0.426. The fraction of sp³-hybridized carbons (Fsp3) is 0.0909. The van der Waals surface area contributed by atoms with Crippen LogP contribution in [0.15, 0.2) is 17.0 Å². The predicted octanol–water partition coefficient (Wildman–Crippen LogP) is 1.63. The van der Waals surface area contributed by atoms with Gasteiger partial charge < -0.3 is 9.84 Å². The standard InChI is InChI=1S/C11H8N2O6S/c1-19-9-6(14)3-2-5(8(9)13(17)18)4-7-10(15)12-11(16)20-7/h2-4,14H,1H3,(H,12,15,16)/b7-4-. The Labute approximate surface area is 116 Å². The summed E-state index contributed by atoms with van der Waals surface area (Å²) in [6.45, 7) is 0. The highest BCUT2D eigenvalue weighted by Crippen LogP contribution is 2.40. The van der Waals surface area contributed by atoms with Crippen molar-refractivity contribution >= 4 is 34.7 Å². The van der Waals surface area contributed by atoms with E-state index in [9.17, 15) is 24.8 Å². The average molecular weight is 296 g/mol. The minimum atomic E-state index is -0.732. The van der Waals surface area contributed by atoms with Gasteiger partial charge in [-0.05, 0) is 30.0 Å². The van der Waals surface area contributed by atoms with Crippen molar-refractivity contribution in [2.75, 3.05) is 7.11 Å². The zero-order valence-corrected chi connectivity index (χ0v) is 10.9. The number of rotatable bonds is 3. The first-order valence-electron chi connectivity index (χ1n) is 5.23. The number of phenolic OH excluding ortho intramolecular Hbond substituents is 1. The van der Waals surface area contributed by atoms with Gasteiger partial charge >= 0.3 is 5.69 Å². The molecule has 0 spiro atoms. The SMILES string of the molecule is COc1c(O)ccc(/C=C2\SC(=O)NC2=O)c1[N+](=O)[O-]. The molecule has 2 N–H and O–H groups in total. The lowest BCUT2D eigenvalue weighted by molar-refractivity contribution is -0.386. The molecule has 1 fully saturated rings. The first kappa shape index (κ1) is 13.9. The third-order valence-electron chi connectivity index (χ3n) is 2.46. The number of thioether (sulfide) groups is 1. The normalized spacial score (nSPS) is 16.4. The molecule has 0 atom stereocenters. The van der Waals surface area contributed by atoms with Gasteiger partial charge in [0.25, 0.3) is 11.1 Å². The number of hydrogen-bond acceptors (Lipinski definition) is 7. The molecule has 9 heteroatoms. The van der Waals surface area contributed by atoms with E-state index in [4.69, 9.17) is 4.74 Å². The van der Waals surface area contributed by atoms with Crippen molar-refractivity contribution in [3.8, 4) is 11.5 Å². The highest BCUT2D eigenvalue weighted by molar-refractivity contribution is 8.18. The largest absolute Gasteiger partial charge is 0.504 e. The van der Waals surface area contributed by atoms with Crippen LogP contribution in [0.1, 0.15) is 5.56 Å². The second kappa shape index (κ2) is 5.21. The second-order valence-electron chi connectivity index (χ2n) is 3.67. The number of ether oxygens (including phenoxy) is 1. The van der Waals surface area contributed by atoms with Crippen molar-refractivity contribution in [2.45, 2.75) is 0 Å². The summed E-state index contributed by atoms with van der Waals surface area (Å²) in [7, 11) is 1.18. The molecule has 2 amide bonds. The molecule has 0 saturated carbocycles. The van der Waals surface area contributed by atoms with E-state index >= 15 is 0 Å². The van der Waals surface area contributed by atoms with Gasteiger partial charge in [0.2, 0.25) is 5.75 Å². The third kappa shape index (κ3) is 2.43. The number of methoxy groups -OCH3 is 1. The molecule has 1 saturated heterocycles. The summed E-state index contributed by atoms with van der Waals surface area (Å²) in [6, 6.07) is 2.47. The summed E-state index contributed by atoms with van der Waals surface area (Å²) in [6.07, 6.45) is 1.20. The number of nitrogens with one attached hydrogen (secondary N) is 1. The lowest BCUT2D eigenvalue weighted by Gasteiger charge is -2.06. The van der Waals surface area contributed by atoms with Gasteiger partial charge in [0.1, 0.15) is 0 Å². The molecule has 1 heterocycles. The molecule has 0 radical (unpaired) electrons. The van der Waals surface area contributed by atoms with Gasteiger partial charge in [-0.25, -0.2) is 0 Å². The van der Waals surface area contributed by atoms with E-state index in [0.717, 1.165) is 0 Å². The summed E-state index contributed by atoms with van der Waals surface area (Å²) in [4.78, 5) is 32.8. The minimum Gasteiger partial charge on any atom is -0.504 e. The van der Waals surface area contributed by atoms with Gasteiger partial charge in [-0.2, -0.15) is 0 Å². The maximum Gasteiger partial charge on any atom is 0.322 e. The highest BCUT2D eigenvalue weighted by Gasteiger charge is 2.28. The summed E-state index contributed by atoms with van der Waals surface area (Å²) >= 11 is 0.642. The highest BCUT2D eigenvalue weighted by atomic mass is 32.2. The number of nitro benzene ring substituents is 1. The molecule has 0 aromatic heterocycles. The molecule has 1 aromatic rings. The first-order chi connectivity index (χ1) is 9.43. The molecular weight excluding hydrogens is 288 g/mol. The molecule has 0 aliphatic carbocycles. The molecule has 1 aliphatic heterocycles. The van der Waals surface area contributed by atoms with E-state index in [2.05, 4.69) is 0 Å². The van der Waals surface area contributed by atoms with Crippen molar-refractivity contribution in [1.29, 1.82) is 0 Å². The number of benzene rings is 1. The predicted molar refractivity (Wildman–Crippen MR) is 70.4 cm³/mol. The minimum absolute atomic E-state index is 0.0332. The number of imide groups is 1. The lowest BCUT2D eigenvalue weighted by Crippen LogP contribution is -2.17. The molecule has 2 rings (SSSR count). The van der Waals surface area contributed by atoms with Crippen molar-refractivity contribution in [1.82, 2.24) is 5.32 Å². The van der Waals surface area contributed by atoms with Crippen molar-refractivity contribution in [2.24, 2.45) is 0 Å². The number of aromatic hydroxyl groups is 1. The fourth-order valence-electron chi connectivity index (χ4n) is 1.64. The maximum atomic E-state index is 11.4. The Bertz CT molecular complexity index is 655. The number of phenols is 1. The van der Waals surface area contributed by atoms with Crippen LogP contribution in [0.5, 0.6) is 11.5 Å². The Hall–Kier alpha value is -2.55. The van der Waals surface area contributed by atoms with E-state index in [1.807, 2.05) is 5.32 Å². The second-order valence-corrected chi connectivity index (χ2v) is 4.68. The van der Waals surface area contributed by atoms with Gasteiger partial charge in [-0.3, -0.25) is 25.0 Å². The Morgan fingerprint density at radius 2 is 2.15 bits per heavy atom. The molecule has 20 heavy (non-hydrogen) atoms. The number of nitro groups is 1. The monoisotopic (exact) mass is 296 g/mol. The van der Waals surface area contributed by atoms with Crippen LogP contribution in [-0.4, -0.2) is 28.3 Å². The lowest BCUT2D eigenvalue weighted by atomic mass is 10.1. The molecule has 1 aromatic carbocycles. The van der Waals surface area contributed by atoms with Gasteiger partial charge in [0.05, 0.1) is 22.5 Å². The quantitative estimate of drug-likeness (QED) is 0.494. The first-order valence-corrected chi connectivity index (χ1v) is 6.05. The Morgan fingerprint density at radius 3 is 2.65 bits per heavy atom. The van der Waals surface area contributed by atoms with Gasteiger partial charge in [0, 0.05) is 0 Å². The van der Waals surface area contributed by atoms with Crippen LogP contribution in [-0.2, 0) is 4.79 Å². The molecule has 1 aliphatic rings. The van der Waals surface area contributed by atoms with Crippen molar-refractivity contribution in [3.05, 3.63) is 32.7 Å². The van der Waals surface area contributed by atoms with Crippen LogP contribution in [0.25, 0.3) is 6.08 Å². The van der Waals surface area contributed by atoms with E-state index in [0.29, 0.717) is 11.8 Å². The summed E-state index contributed by atoms with van der Waals surface area (Å²) in [5, 5.41) is 22.1. The van der Waals surface area contributed by atoms with Crippen LogP contribution in [0.4, 0.5) is 10.5 Å². The van der Waals surface area contributed by atoms with E-state index in [1.165, 1.54) is 25.3 Å². The number of carbonyl (C=O) groups is 2. The molecule has 8 nitrogen and oxygen atoms in total. The Kier molecular flexibility index (Phi) is 3.61. The third-order valence-corrected chi connectivity index (χ3v) is 3.27. The number of carbonyl (C=O) groups excluding carboxylic acids is 2. The van der Waals surface area contributed by atoms with Gasteiger partial charge in [0.15, 0.2) is 5.75 Å². The van der Waals surface area contributed by atoms with E-state index in [1.54, 1.807) is 0 Å². The van der Waals surface area contributed by atoms with Crippen LogP contribution in [0.3, 0.4) is 0 Å². The zero-order valence-electron chi connectivity index (χ0n) is 10.1. The Balaban J connectivity index is 2.58. The van der Waals surface area contributed by atoms with Crippen molar-refractivity contribution in [3.63, 3.8) is 0 Å². The summed E-state index contributed by atoms with van der Waals surface area (Å²) in [5.74, 6) is -1.32.